The fourth-order valence-corrected chi connectivity index (χ4v) is 5.45. The topological polar surface area (TPSA) is 157 Å². The summed E-state index contributed by atoms with van der Waals surface area (Å²) in [6, 6.07) is 6.05. The summed E-state index contributed by atoms with van der Waals surface area (Å²) in [4.78, 5) is 47.8. The number of carbonyl (C=O) groups is 4. The Kier molecular flexibility index (Phi) is 11.2. The predicted molar refractivity (Wildman–Crippen MR) is 141 cm³/mol. The average molecular weight is 599 g/mol. The Morgan fingerprint density at radius 3 is 2.30 bits per heavy atom. The highest BCUT2D eigenvalue weighted by atomic mass is 35.5. The molecule has 1 aliphatic rings. The number of amides is 1. The molecule has 0 radical (unpaired) electrons. The fraction of sp³-hybridized carbons (Fsp3) is 0.520. The van der Waals surface area contributed by atoms with E-state index in [9.17, 15) is 19.2 Å². The van der Waals surface area contributed by atoms with Gasteiger partial charge in [0.2, 0.25) is 5.91 Å². The summed E-state index contributed by atoms with van der Waals surface area (Å²) < 4.78 is 29.9. The van der Waals surface area contributed by atoms with Gasteiger partial charge in [0.15, 0.2) is 23.2 Å². The number of thioether (sulfide) groups is 1. The number of esters is 3. The van der Waals surface area contributed by atoms with Crippen LogP contribution in [0.4, 0.5) is 0 Å². The molecule has 218 valence electrons. The van der Waals surface area contributed by atoms with Crippen molar-refractivity contribution in [1.29, 1.82) is 0 Å². The van der Waals surface area contributed by atoms with E-state index in [-0.39, 0.29) is 13.2 Å². The summed E-state index contributed by atoms with van der Waals surface area (Å²) in [6.07, 6.45) is -3.38. The lowest BCUT2D eigenvalue weighted by Gasteiger charge is -2.44. The molecule has 0 unspecified atom stereocenters. The van der Waals surface area contributed by atoms with Crippen molar-refractivity contribution in [2.24, 2.45) is 0 Å². The van der Waals surface area contributed by atoms with E-state index in [1.807, 2.05) is 6.92 Å². The Morgan fingerprint density at radius 1 is 1.02 bits per heavy atom. The Labute approximate surface area is 240 Å². The van der Waals surface area contributed by atoms with Crippen LogP contribution >= 0.6 is 23.4 Å². The highest BCUT2D eigenvalue weighted by Crippen LogP contribution is 2.36. The van der Waals surface area contributed by atoms with Crippen molar-refractivity contribution < 1.29 is 42.9 Å². The number of para-hydroxylation sites is 1. The molecule has 0 bridgehead atoms. The van der Waals surface area contributed by atoms with Gasteiger partial charge in [0, 0.05) is 34.2 Å². The molecule has 0 spiro atoms. The zero-order valence-electron chi connectivity index (χ0n) is 22.6. The first kappa shape index (κ1) is 31.2. The molecule has 5 atom stereocenters. The van der Waals surface area contributed by atoms with Gasteiger partial charge in [-0.3, -0.25) is 19.2 Å². The van der Waals surface area contributed by atoms with E-state index >= 15 is 0 Å². The van der Waals surface area contributed by atoms with Crippen LogP contribution in [0.2, 0.25) is 5.02 Å². The Morgan fingerprint density at radius 2 is 1.70 bits per heavy atom. The van der Waals surface area contributed by atoms with Gasteiger partial charge < -0.3 is 33.6 Å². The maximum absolute atomic E-state index is 12.2. The number of nitrogens with one attached hydrogen (secondary N) is 1. The zero-order chi connectivity index (χ0) is 29.4. The minimum atomic E-state index is -1.18. The van der Waals surface area contributed by atoms with Crippen LogP contribution < -0.4 is 10.1 Å². The number of carbonyl (C=O) groups excluding carboxylic acids is 4. The minimum Gasteiger partial charge on any atom is -0.484 e. The van der Waals surface area contributed by atoms with Crippen molar-refractivity contribution in [2.45, 2.75) is 82.7 Å². The van der Waals surface area contributed by atoms with Crippen LogP contribution in [0.3, 0.4) is 0 Å². The fourth-order valence-electron chi connectivity index (χ4n) is 4.03. The first-order valence-corrected chi connectivity index (χ1v) is 13.6. The van der Waals surface area contributed by atoms with Gasteiger partial charge in [-0.15, -0.1) is 10.2 Å². The van der Waals surface area contributed by atoms with E-state index in [0.717, 1.165) is 11.8 Å². The van der Waals surface area contributed by atoms with Crippen LogP contribution in [0.15, 0.2) is 29.4 Å². The van der Waals surface area contributed by atoms with Gasteiger partial charge >= 0.3 is 17.9 Å². The predicted octanol–water partition coefficient (Wildman–Crippen LogP) is 2.28. The van der Waals surface area contributed by atoms with Gasteiger partial charge in [0.25, 0.3) is 0 Å². The van der Waals surface area contributed by atoms with Crippen LogP contribution in [-0.2, 0) is 51.3 Å². The number of aromatic nitrogens is 3. The van der Waals surface area contributed by atoms with Crippen LogP contribution in [0.25, 0.3) is 0 Å². The molecule has 1 aromatic heterocycles. The van der Waals surface area contributed by atoms with Crippen molar-refractivity contribution in [2.75, 3.05) is 6.61 Å². The molecule has 3 rings (SSSR count). The Bertz CT molecular complexity index is 1230. The number of benzene rings is 1. The largest absolute Gasteiger partial charge is 0.484 e. The molecule has 1 aromatic carbocycles. The number of hydrogen-bond acceptors (Lipinski definition) is 12. The third-order valence-electron chi connectivity index (χ3n) is 5.60. The van der Waals surface area contributed by atoms with Gasteiger partial charge in [-0.2, -0.15) is 0 Å². The molecule has 2 heterocycles. The van der Waals surface area contributed by atoms with Gasteiger partial charge in [0.1, 0.15) is 36.5 Å². The van der Waals surface area contributed by atoms with E-state index < -0.39 is 53.6 Å². The summed E-state index contributed by atoms with van der Waals surface area (Å²) in [6.45, 7) is 7.01. The smallest absolute Gasteiger partial charge is 0.303 e. The summed E-state index contributed by atoms with van der Waals surface area (Å²) in [5.74, 6) is -1.40. The molecule has 0 aliphatic carbocycles. The van der Waals surface area contributed by atoms with Crippen LogP contribution in [-0.4, -0.2) is 75.0 Å². The van der Waals surface area contributed by atoms with Gasteiger partial charge in [-0.25, -0.2) is 0 Å². The van der Waals surface area contributed by atoms with Crippen molar-refractivity contribution in [3.63, 3.8) is 0 Å². The quantitative estimate of drug-likeness (QED) is 0.298. The highest BCUT2D eigenvalue weighted by molar-refractivity contribution is 7.99. The molecule has 13 nitrogen and oxygen atoms in total. The molecule has 1 aliphatic heterocycles. The number of nitrogens with zero attached hydrogens (tertiary/aromatic N) is 3. The van der Waals surface area contributed by atoms with Crippen LogP contribution in [0.5, 0.6) is 5.75 Å². The Balaban J connectivity index is 1.93. The Hall–Kier alpha value is -3.36. The van der Waals surface area contributed by atoms with Crippen LogP contribution in [0.1, 0.15) is 40.4 Å². The van der Waals surface area contributed by atoms with Gasteiger partial charge in [-0.1, -0.05) is 35.5 Å². The second-order valence-electron chi connectivity index (χ2n) is 8.70. The molecule has 2 aromatic rings. The molecule has 1 fully saturated rings. The van der Waals surface area contributed by atoms with E-state index in [4.69, 9.17) is 35.3 Å². The number of rotatable bonds is 11. The van der Waals surface area contributed by atoms with Crippen molar-refractivity contribution in [1.82, 2.24) is 20.1 Å². The lowest BCUT2D eigenvalue weighted by atomic mass is 9.97. The molecule has 1 amide bonds. The van der Waals surface area contributed by atoms with Gasteiger partial charge in [0.05, 0.1) is 5.02 Å². The zero-order valence-corrected chi connectivity index (χ0v) is 24.2. The number of halogens is 1. The van der Waals surface area contributed by atoms with E-state index in [1.54, 1.807) is 28.8 Å². The molecule has 1 N–H and O–H groups in total. The normalized spacial score (nSPS) is 22.2. The first-order valence-electron chi connectivity index (χ1n) is 12.4. The summed E-state index contributed by atoms with van der Waals surface area (Å²) >= 11 is 7.29. The van der Waals surface area contributed by atoms with E-state index in [2.05, 4.69) is 15.5 Å². The third-order valence-corrected chi connectivity index (χ3v) is 7.06. The number of ether oxygens (including phenoxy) is 5. The lowest BCUT2D eigenvalue weighted by Crippen LogP contribution is -2.65. The molecular formula is C25H31ClN4O9S. The lowest BCUT2D eigenvalue weighted by molar-refractivity contribution is -0.211. The maximum atomic E-state index is 12.2. The van der Waals surface area contributed by atoms with Crippen molar-refractivity contribution in [3.8, 4) is 5.75 Å². The summed E-state index contributed by atoms with van der Waals surface area (Å²) in [5, 5.41) is 12.1. The molecule has 40 heavy (non-hydrogen) atoms. The first-order chi connectivity index (χ1) is 19.0. The monoisotopic (exact) mass is 598 g/mol. The highest BCUT2D eigenvalue weighted by Gasteiger charge is 2.51. The van der Waals surface area contributed by atoms with Crippen LogP contribution in [0, 0.1) is 0 Å². The summed E-state index contributed by atoms with van der Waals surface area (Å²) in [7, 11) is 0. The molecular weight excluding hydrogens is 568 g/mol. The number of hydrogen-bond donors (Lipinski definition) is 1. The van der Waals surface area contributed by atoms with E-state index in [1.165, 1.54) is 27.7 Å². The SMILES string of the molecule is CCn1c(COc2ccccc2Cl)nnc1S[C@@H]1O[C@H](COC(C)=O)[C@H](OC(C)=O)[C@H](OC(C)=O)[C@@H]1NC(C)=O. The average Bonchev–Trinajstić information content (AvgIpc) is 3.26. The summed E-state index contributed by atoms with van der Waals surface area (Å²) in [5.41, 5.74) is -0.924. The standard InChI is InChI=1S/C25H31ClN4O9S/c1-6-30-20(12-36-18-10-8-7-9-17(18)26)28-29-25(30)40-24-21(27-13(2)31)23(38-16(5)34)22(37-15(4)33)19(39-24)11-35-14(3)32/h7-10,19,21-24H,6,11-12H2,1-5H3,(H,27,31)/t19-,21+,22+,23-,24+/m1/s1. The van der Waals surface area contributed by atoms with Gasteiger partial charge in [-0.05, 0) is 19.1 Å². The van der Waals surface area contributed by atoms with E-state index in [0.29, 0.717) is 28.3 Å². The minimum absolute atomic E-state index is 0.0749. The molecule has 0 saturated carbocycles. The molecule has 15 heteroatoms. The third kappa shape index (κ3) is 8.32. The molecule has 1 saturated heterocycles. The van der Waals surface area contributed by atoms with Crippen molar-refractivity contribution in [3.05, 3.63) is 35.1 Å². The maximum Gasteiger partial charge on any atom is 0.303 e. The second-order valence-corrected chi connectivity index (χ2v) is 10.2. The second kappa shape index (κ2) is 14.3. The van der Waals surface area contributed by atoms with Crippen molar-refractivity contribution >= 4 is 47.2 Å².